The monoisotopic (exact) mass is 331 g/mol. The Bertz CT molecular complexity index is 661. The average molecular weight is 332 g/mol. The maximum absolute atomic E-state index is 11.6. The van der Waals surface area contributed by atoms with Crippen LogP contribution in [-0.2, 0) is 23.6 Å². The molecule has 0 fully saturated rings. The number of aromatic nitrogens is 1. The van der Waals surface area contributed by atoms with Crippen LogP contribution in [0.5, 0.6) is 0 Å². The summed E-state index contributed by atoms with van der Waals surface area (Å²) < 4.78 is 53.9. The standard InChI is InChI=1S/C8H10ClNO7S2/c1-2-16-7(11)6-5-17-8(10-6)18(12,13)3-4-19(9,14)15/h5H,2-4H2,1H3. The second kappa shape index (κ2) is 5.88. The van der Waals surface area contributed by atoms with E-state index in [9.17, 15) is 21.6 Å². The first-order valence-corrected chi connectivity index (χ1v) is 9.06. The topological polar surface area (TPSA) is 121 Å². The van der Waals surface area contributed by atoms with Crippen molar-refractivity contribution in [1.29, 1.82) is 0 Å². The summed E-state index contributed by atoms with van der Waals surface area (Å²) in [5.41, 5.74) is -0.311. The van der Waals surface area contributed by atoms with Crippen LogP contribution < -0.4 is 0 Å². The number of rotatable bonds is 6. The molecule has 0 amide bonds. The number of esters is 1. The largest absolute Gasteiger partial charge is 0.461 e. The lowest BCUT2D eigenvalue weighted by Crippen LogP contribution is -2.15. The van der Waals surface area contributed by atoms with Gasteiger partial charge in [0.15, 0.2) is 5.69 Å². The first-order chi connectivity index (χ1) is 8.65. The van der Waals surface area contributed by atoms with Crippen molar-refractivity contribution in [2.75, 3.05) is 18.1 Å². The van der Waals surface area contributed by atoms with Crippen molar-refractivity contribution >= 4 is 35.5 Å². The van der Waals surface area contributed by atoms with Crippen molar-refractivity contribution in [1.82, 2.24) is 4.98 Å². The maximum Gasteiger partial charge on any atom is 0.360 e. The third-order valence-corrected chi connectivity index (χ3v) is 4.70. The molecule has 0 aliphatic heterocycles. The number of nitrogens with zero attached hydrogens (tertiary/aromatic N) is 1. The van der Waals surface area contributed by atoms with Gasteiger partial charge in [0.05, 0.1) is 18.1 Å². The third-order valence-electron chi connectivity index (χ3n) is 1.83. The summed E-state index contributed by atoms with van der Waals surface area (Å²) in [5, 5.41) is -0.754. The fraction of sp³-hybridized carbons (Fsp3) is 0.500. The predicted molar refractivity (Wildman–Crippen MR) is 64.2 cm³/mol. The van der Waals surface area contributed by atoms with E-state index in [1.807, 2.05) is 0 Å². The number of oxazole rings is 1. The Morgan fingerprint density at radius 1 is 1.37 bits per heavy atom. The SMILES string of the molecule is CCOC(=O)c1coc(S(=O)(=O)CCS(=O)(=O)Cl)n1. The molecule has 1 aromatic heterocycles. The molecule has 0 saturated carbocycles. The van der Waals surface area contributed by atoms with Crippen LogP contribution in [0.2, 0.25) is 0 Å². The minimum atomic E-state index is -4.07. The average Bonchev–Trinajstić information content (AvgIpc) is 2.76. The summed E-state index contributed by atoms with van der Waals surface area (Å²) >= 11 is 0. The molecule has 0 unspecified atom stereocenters. The second-order valence-electron chi connectivity index (χ2n) is 3.28. The fourth-order valence-electron chi connectivity index (χ4n) is 0.995. The molecule has 8 nitrogen and oxygen atoms in total. The summed E-state index contributed by atoms with van der Waals surface area (Å²) in [7, 11) is -3.12. The summed E-state index contributed by atoms with van der Waals surface area (Å²) in [6, 6.07) is 0. The Hall–Kier alpha value is -1.13. The third kappa shape index (κ3) is 4.80. The molecule has 0 bridgehead atoms. The van der Waals surface area contributed by atoms with Crippen LogP contribution in [0.15, 0.2) is 15.9 Å². The van der Waals surface area contributed by atoms with Gasteiger partial charge in [0.25, 0.3) is 0 Å². The summed E-state index contributed by atoms with van der Waals surface area (Å²) in [6.07, 6.45) is 0.820. The number of ether oxygens (including phenoxy) is 1. The van der Waals surface area contributed by atoms with E-state index in [1.165, 1.54) is 0 Å². The number of carbonyl (C=O) groups is 1. The highest BCUT2D eigenvalue weighted by Crippen LogP contribution is 2.13. The molecule has 0 spiro atoms. The van der Waals surface area contributed by atoms with Crippen LogP contribution in [0, 0.1) is 0 Å². The number of hydrogen-bond acceptors (Lipinski definition) is 8. The van der Waals surface area contributed by atoms with Crippen molar-refractivity contribution in [2.24, 2.45) is 0 Å². The Balaban J connectivity index is 2.89. The lowest BCUT2D eigenvalue weighted by Gasteiger charge is -1.97. The van der Waals surface area contributed by atoms with Crippen LogP contribution in [0.25, 0.3) is 0 Å². The van der Waals surface area contributed by atoms with Gasteiger partial charge in [-0.1, -0.05) is 0 Å². The molecule has 108 valence electrons. The van der Waals surface area contributed by atoms with Gasteiger partial charge in [-0.15, -0.1) is 0 Å². The Labute approximate surface area is 114 Å². The highest BCUT2D eigenvalue weighted by atomic mass is 35.7. The van der Waals surface area contributed by atoms with Gasteiger partial charge in [0.1, 0.15) is 6.26 Å². The molecule has 0 aliphatic carbocycles. The lowest BCUT2D eigenvalue weighted by atomic mass is 10.5. The molecule has 1 heterocycles. The van der Waals surface area contributed by atoms with Gasteiger partial charge in [-0.25, -0.2) is 21.6 Å². The van der Waals surface area contributed by atoms with E-state index in [0.717, 1.165) is 6.26 Å². The summed E-state index contributed by atoms with van der Waals surface area (Å²) in [5.74, 6) is -2.41. The van der Waals surface area contributed by atoms with Gasteiger partial charge >= 0.3 is 11.2 Å². The van der Waals surface area contributed by atoms with Gasteiger partial charge < -0.3 is 9.15 Å². The summed E-state index contributed by atoms with van der Waals surface area (Å²) in [6.45, 7) is 1.67. The maximum atomic E-state index is 11.6. The van der Waals surface area contributed by atoms with Crippen LogP contribution >= 0.6 is 10.7 Å². The quantitative estimate of drug-likeness (QED) is 0.535. The molecular weight excluding hydrogens is 322 g/mol. The Morgan fingerprint density at radius 2 is 2.00 bits per heavy atom. The smallest absolute Gasteiger partial charge is 0.360 e. The number of hydrogen-bond donors (Lipinski definition) is 0. The van der Waals surface area contributed by atoms with E-state index in [1.54, 1.807) is 6.92 Å². The van der Waals surface area contributed by atoms with Crippen molar-refractivity contribution in [3.05, 3.63) is 12.0 Å². The van der Waals surface area contributed by atoms with Crippen LogP contribution in [0.1, 0.15) is 17.4 Å². The second-order valence-corrected chi connectivity index (χ2v) is 8.16. The molecule has 1 rings (SSSR count). The van der Waals surface area contributed by atoms with Gasteiger partial charge in [-0.2, -0.15) is 4.98 Å². The zero-order valence-electron chi connectivity index (χ0n) is 9.70. The molecular formula is C8H10ClNO7S2. The van der Waals surface area contributed by atoms with E-state index in [-0.39, 0.29) is 12.3 Å². The van der Waals surface area contributed by atoms with Gasteiger partial charge in [-0.05, 0) is 6.92 Å². The first-order valence-electron chi connectivity index (χ1n) is 4.93. The molecule has 0 atom stereocenters. The predicted octanol–water partition coefficient (Wildman–Crippen LogP) is 0.194. The van der Waals surface area contributed by atoms with E-state index < -0.39 is 41.6 Å². The molecule has 0 aliphatic rings. The highest BCUT2D eigenvalue weighted by Gasteiger charge is 2.25. The molecule has 19 heavy (non-hydrogen) atoms. The van der Waals surface area contributed by atoms with Crippen molar-refractivity contribution in [3.63, 3.8) is 0 Å². The van der Waals surface area contributed by atoms with E-state index in [2.05, 4.69) is 14.1 Å². The zero-order valence-corrected chi connectivity index (χ0v) is 12.1. The van der Waals surface area contributed by atoms with Gasteiger partial charge in [0.2, 0.25) is 18.9 Å². The van der Waals surface area contributed by atoms with Gasteiger partial charge in [-0.3, -0.25) is 0 Å². The number of halogens is 1. The molecule has 11 heteroatoms. The molecule has 0 aromatic carbocycles. The van der Waals surface area contributed by atoms with Crippen LogP contribution in [0.4, 0.5) is 0 Å². The Kier molecular flexibility index (Phi) is 4.93. The molecule has 0 saturated heterocycles. The molecule has 0 N–H and O–H groups in total. The zero-order chi connectivity index (χ0) is 14.7. The highest BCUT2D eigenvalue weighted by molar-refractivity contribution is 8.14. The minimum Gasteiger partial charge on any atom is -0.461 e. The van der Waals surface area contributed by atoms with Gasteiger partial charge in [0, 0.05) is 10.7 Å². The van der Waals surface area contributed by atoms with Crippen LogP contribution in [-0.4, -0.2) is 45.9 Å². The molecule has 0 radical (unpaired) electrons. The fourth-order valence-corrected chi connectivity index (χ4v) is 3.84. The first kappa shape index (κ1) is 15.9. The van der Waals surface area contributed by atoms with E-state index in [4.69, 9.17) is 10.7 Å². The normalized spacial score (nSPS) is 12.3. The Morgan fingerprint density at radius 3 is 2.53 bits per heavy atom. The lowest BCUT2D eigenvalue weighted by molar-refractivity contribution is 0.0519. The van der Waals surface area contributed by atoms with E-state index >= 15 is 0 Å². The molecule has 1 aromatic rings. The van der Waals surface area contributed by atoms with E-state index in [0.29, 0.717) is 0 Å². The number of sulfone groups is 1. The summed E-state index contributed by atoms with van der Waals surface area (Å²) in [4.78, 5) is 14.7. The van der Waals surface area contributed by atoms with Crippen LogP contribution in [0.3, 0.4) is 0 Å². The van der Waals surface area contributed by atoms with Crippen molar-refractivity contribution in [3.8, 4) is 0 Å². The van der Waals surface area contributed by atoms with Crippen molar-refractivity contribution < 1.29 is 30.8 Å². The minimum absolute atomic E-state index is 0.0955. The number of carbonyl (C=O) groups excluding carboxylic acids is 1. The van der Waals surface area contributed by atoms with Crippen molar-refractivity contribution in [2.45, 2.75) is 12.1 Å².